The number of hydrogen-bond donors (Lipinski definition) is 2. The van der Waals surface area contributed by atoms with Gasteiger partial charge in [0, 0.05) is 44.9 Å². The monoisotopic (exact) mass is 429 g/mol. The van der Waals surface area contributed by atoms with Crippen molar-refractivity contribution in [3.05, 3.63) is 0 Å². The Kier molecular flexibility index (Phi) is 9.54. The van der Waals surface area contributed by atoms with Gasteiger partial charge in [-0.05, 0) is 59.0 Å². The van der Waals surface area contributed by atoms with Crippen molar-refractivity contribution in [2.24, 2.45) is 16.1 Å². The maximum absolute atomic E-state index is 12.6. The van der Waals surface area contributed by atoms with Gasteiger partial charge in [-0.1, -0.05) is 0 Å². The van der Waals surface area contributed by atoms with Crippen molar-refractivity contribution >= 4 is 11.7 Å². The van der Waals surface area contributed by atoms with E-state index in [4.69, 9.17) is 0 Å². The molecule has 0 radical (unpaired) electrons. The molecular weight excluding hydrogens is 394 g/mol. The van der Waals surface area contributed by atoms with Crippen LogP contribution in [0.4, 0.5) is 0 Å². The predicted octanol–water partition coefficient (Wildman–Crippen LogP) is 1.95. The van der Waals surface area contributed by atoms with E-state index in [0.717, 1.165) is 45.4 Å². The summed E-state index contributed by atoms with van der Waals surface area (Å²) in [4.78, 5) is 26.8. The quantitative estimate of drug-likeness (QED) is 0.538. The molecule has 9 heteroatoms. The van der Waals surface area contributed by atoms with Crippen molar-refractivity contribution in [1.29, 1.82) is 10.5 Å². The largest absolute Gasteiger partial charge is 0.340 e. The molecule has 0 aromatic heterocycles. The van der Waals surface area contributed by atoms with Gasteiger partial charge < -0.3 is 15.5 Å². The first-order valence-corrected chi connectivity index (χ1v) is 11.3. The van der Waals surface area contributed by atoms with Crippen molar-refractivity contribution in [2.75, 3.05) is 39.3 Å². The van der Waals surface area contributed by atoms with E-state index in [1.54, 1.807) is 18.7 Å². The van der Waals surface area contributed by atoms with Gasteiger partial charge in [-0.2, -0.15) is 20.8 Å². The second-order valence-corrected chi connectivity index (χ2v) is 8.95. The molecule has 3 atom stereocenters. The second-order valence-electron chi connectivity index (χ2n) is 8.95. The van der Waals surface area contributed by atoms with E-state index in [1.165, 1.54) is 0 Å². The Bertz CT molecular complexity index is 727. The molecule has 2 saturated heterocycles. The van der Waals surface area contributed by atoms with Gasteiger partial charge in [0.1, 0.15) is 5.78 Å². The maximum Gasteiger partial charge on any atom is 0.222 e. The zero-order valence-corrected chi connectivity index (χ0v) is 18.8. The summed E-state index contributed by atoms with van der Waals surface area (Å²) in [5.74, 6) is 0.213. The van der Waals surface area contributed by atoms with E-state index in [-0.39, 0.29) is 43.3 Å². The molecule has 2 aliphatic heterocycles. The molecule has 0 aromatic carbocycles. The number of rotatable bonds is 9. The lowest BCUT2D eigenvalue weighted by atomic mass is 9.89. The summed E-state index contributed by atoms with van der Waals surface area (Å²) >= 11 is 0. The fraction of sp³-hybridized carbons (Fsp3) is 0.818. The molecule has 2 heterocycles. The average molecular weight is 430 g/mol. The highest BCUT2D eigenvalue weighted by atomic mass is 16.2. The number of nitrogens with zero attached hydrogens (tertiary/aromatic N) is 5. The number of ketones is 1. The van der Waals surface area contributed by atoms with Crippen molar-refractivity contribution in [2.45, 2.75) is 69.9 Å². The van der Waals surface area contributed by atoms with Crippen molar-refractivity contribution in [3.8, 4) is 12.1 Å². The molecule has 3 unspecified atom stereocenters. The molecule has 1 amide bonds. The average Bonchev–Trinajstić information content (AvgIpc) is 3.10. The third-order valence-corrected chi connectivity index (χ3v) is 6.16. The van der Waals surface area contributed by atoms with E-state index in [0.29, 0.717) is 13.1 Å². The Morgan fingerprint density at radius 2 is 1.52 bits per heavy atom. The summed E-state index contributed by atoms with van der Waals surface area (Å²) in [6.45, 7) is 7.94. The molecule has 0 spiro atoms. The molecule has 170 valence electrons. The number of nitrogens with one attached hydrogen (secondary N) is 2. The van der Waals surface area contributed by atoms with Crippen molar-refractivity contribution in [1.82, 2.24) is 15.5 Å². The van der Waals surface area contributed by atoms with E-state index in [2.05, 4.69) is 33.0 Å². The van der Waals surface area contributed by atoms with Gasteiger partial charge in [0.2, 0.25) is 5.91 Å². The fourth-order valence-corrected chi connectivity index (χ4v) is 3.81. The summed E-state index contributed by atoms with van der Waals surface area (Å²) < 4.78 is 0. The fourth-order valence-electron chi connectivity index (χ4n) is 3.81. The van der Waals surface area contributed by atoms with Crippen molar-refractivity contribution < 1.29 is 9.59 Å². The van der Waals surface area contributed by atoms with Crippen LogP contribution >= 0.6 is 0 Å². The molecule has 2 fully saturated rings. The summed E-state index contributed by atoms with van der Waals surface area (Å²) in [7, 11) is 0. The lowest BCUT2D eigenvalue weighted by molar-refractivity contribution is -0.132. The van der Waals surface area contributed by atoms with Gasteiger partial charge >= 0.3 is 0 Å². The summed E-state index contributed by atoms with van der Waals surface area (Å²) in [6.07, 6.45) is 3.70. The van der Waals surface area contributed by atoms with Crippen LogP contribution in [0.25, 0.3) is 0 Å². The van der Waals surface area contributed by atoms with Crippen molar-refractivity contribution in [3.63, 3.8) is 0 Å². The van der Waals surface area contributed by atoms with Crippen LogP contribution in [0.5, 0.6) is 0 Å². The minimum Gasteiger partial charge on any atom is -0.340 e. The third kappa shape index (κ3) is 8.01. The van der Waals surface area contributed by atoms with Gasteiger partial charge in [0.25, 0.3) is 0 Å². The number of carbonyl (C=O) groups excluding carboxylic acids is 2. The Hall–Kier alpha value is -2.36. The topological polar surface area (TPSA) is 134 Å². The van der Waals surface area contributed by atoms with Crippen LogP contribution in [0.3, 0.4) is 0 Å². The SMILES string of the molecule is CC(C#N)(CCC(=O)C1CCCNCC1)N=NC(C)(C#N)CCC(=O)N1CCNCC1. The normalized spacial score (nSPS) is 23.7. The van der Waals surface area contributed by atoms with Crippen LogP contribution in [0, 0.1) is 28.6 Å². The first-order chi connectivity index (χ1) is 14.8. The lowest BCUT2D eigenvalue weighted by Crippen LogP contribution is -2.46. The number of hydrogen-bond acceptors (Lipinski definition) is 8. The van der Waals surface area contributed by atoms with Crippen LogP contribution in [0.2, 0.25) is 0 Å². The third-order valence-electron chi connectivity index (χ3n) is 6.16. The second kappa shape index (κ2) is 11.9. The molecule has 2 aliphatic rings. The zero-order chi connectivity index (χ0) is 22.7. The number of piperazine rings is 1. The van der Waals surface area contributed by atoms with Gasteiger partial charge in [0.05, 0.1) is 12.1 Å². The summed E-state index contributed by atoms with van der Waals surface area (Å²) in [5, 5.41) is 34.1. The number of carbonyl (C=O) groups is 2. The molecule has 0 aromatic rings. The van der Waals surface area contributed by atoms with E-state index in [1.807, 2.05) is 0 Å². The number of azo groups is 1. The highest BCUT2D eigenvalue weighted by Gasteiger charge is 2.31. The lowest BCUT2D eigenvalue weighted by Gasteiger charge is -2.28. The Labute approximate surface area is 185 Å². The first-order valence-electron chi connectivity index (χ1n) is 11.3. The van der Waals surface area contributed by atoms with Gasteiger partial charge in [0.15, 0.2) is 11.1 Å². The molecule has 31 heavy (non-hydrogen) atoms. The van der Waals surface area contributed by atoms with Gasteiger partial charge in [-0.15, -0.1) is 0 Å². The predicted molar refractivity (Wildman–Crippen MR) is 116 cm³/mol. The number of nitriles is 2. The zero-order valence-electron chi connectivity index (χ0n) is 18.8. The van der Waals surface area contributed by atoms with Crippen LogP contribution in [0.1, 0.15) is 58.8 Å². The Balaban J connectivity index is 1.91. The molecule has 2 rings (SSSR count). The van der Waals surface area contributed by atoms with Gasteiger partial charge in [-0.3, -0.25) is 9.59 Å². The molecule has 0 bridgehead atoms. The highest BCUT2D eigenvalue weighted by molar-refractivity contribution is 5.81. The summed E-state index contributed by atoms with van der Waals surface area (Å²) in [5.41, 5.74) is -2.35. The minimum atomic E-state index is -1.18. The smallest absolute Gasteiger partial charge is 0.222 e. The van der Waals surface area contributed by atoms with Gasteiger partial charge in [-0.25, -0.2) is 0 Å². The first kappa shape index (κ1) is 24.9. The highest BCUT2D eigenvalue weighted by Crippen LogP contribution is 2.25. The number of amides is 1. The molecule has 0 aliphatic carbocycles. The molecular formula is C22H35N7O2. The molecule has 2 N–H and O–H groups in total. The van der Waals surface area contributed by atoms with Crippen LogP contribution in [-0.4, -0.2) is 66.9 Å². The maximum atomic E-state index is 12.6. The number of Topliss-reactive ketones (excluding diaryl/α,β-unsaturated/α-hetero) is 1. The summed E-state index contributed by atoms with van der Waals surface area (Å²) in [6, 6.07) is 4.28. The standard InChI is InChI=1S/C22H35N7O2/c1-21(16-23,8-5-19(30)18-4-3-10-25-11-7-18)27-28-22(2,17-24)9-6-20(31)29-14-12-26-13-15-29/h18,25-26H,3-15H2,1-2H3. The van der Waals surface area contributed by atoms with E-state index < -0.39 is 11.1 Å². The Morgan fingerprint density at radius 1 is 0.935 bits per heavy atom. The van der Waals surface area contributed by atoms with E-state index >= 15 is 0 Å². The minimum absolute atomic E-state index is 0.00436. The molecule has 0 saturated carbocycles. The van der Waals surface area contributed by atoms with Crippen LogP contribution < -0.4 is 10.6 Å². The Morgan fingerprint density at radius 3 is 2.13 bits per heavy atom. The van der Waals surface area contributed by atoms with Crippen LogP contribution in [-0.2, 0) is 9.59 Å². The van der Waals surface area contributed by atoms with Crippen LogP contribution in [0.15, 0.2) is 10.2 Å². The molecule has 9 nitrogen and oxygen atoms in total. The van der Waals surface area contributed by atoms with E-state index in [9.17, 15) is 20.1 Å².